The Bertz CT molecular complexity index is 633. The van der Waals surface area contributed by atoms with Gasteiger partial charge in [-0.3, -0.25) is 0 Å². The van der Waals surface area contributed by atoms with Crippen LogP contribution in [0.2, 0.25) is 0 Å². The number of aliphatic hydroxyl groups excluding tert-OH is 1. The maximum absolute atomic E-state index is 13.0. The number of hydrogen-bond acceptors (Lipinski definition) is 2. The van der Waals surface area contributed by atoms with Crippen molar-refractivity contribution in [3.05, 3.63) is 0 Å². The van der Waals surface area contributed by atoms with Gasteiger partial charge in [-0.25, -0.2) is 0 Å². The summed E-state index contributed by atoms with van der Waals surface area (Å²) in [7, 11) is 0. The van der Waals surface area contributed by atoms with Crippen LogP contribution >= 0.6 is 0 Å². The van der Waals surface area contributed by atoms with Gasteiger partial charge in [-0.15, -0.1) is 0 Å². The van der Waals surface area contributed by atoms with Crippen molar-refractivity contribution < 1.29 is 23.4 Å². The molecule has 32 heavy (non-hydrogen) atoms. The molecule has 0 bridgehead atoms. The van der Waals surface area contributed by atoms with Gasteiger partial charge in [0.05, 0.1) is 6.10 Å². The lowest BCUT2D eigenvalue weighted by Gasteiger charge is -2.61. The monoisotopic (exact) mass is 460 g/mol. The van der Waals surface area contributed by atoms with E-state index in [1.54, 1.807) is 0 Å². The van der Waals surface area contributed by atoms with Crippen LogP contribution in [-0.2, 0) is 0 Å². The minimum Gasteiger partial charge on any atom is -0.393 e. The largest absolute Gasteiger partial charge is 0.416 e. The SMILES string of the molecule is CC.CC12CCC(O)CC1CCC1C2CCC2(C)C1CC[C@@H]2CCCC(C)(O)C(F)(F)F. The molecule has 0 saturated heterocycles. The number of aliphatic hydroxyl groups is 2. The van der Waals surface area contributed by atoms with E-state index in [2.05, 4.69) is 13.8 Å². The molecule has 2 nitrogen and oxygen atoms in total. The van der Waals surface area contributed by atoms with E-state index in [9.17, 15) is 23.4 Å². The molecule has 0 aromatic rings. The van der Waals surface area contributed by atoms with Crippen LogP contribution in [0.15, 0.2) is 0 Å². The maximum atomic E-state index is 13.0. The zero-order chi connectivity index (χ0) is 23.9. The summed E-state index contributed by atoms with van der Waals surface area (Å²) in [5.74, 6) is 3.36. The highest BCUT2D eigenvalue weighted by Crippen LogP contribution is 2.68. The van der Waals surface area contributed by atoms with Gasteiger partial charge < -0.3 is 10.2 Å². The average molecular weight is 461 g/mol. The Morgan fingerprint density at radius 3 is 2.16 bits per heavy atom. The van der Waals surface area contributed by atoms with Crippen molar-refractivity contribution in [2.45, 2.75) is 130 Å². The molecule has 5 heteroatoms. The second-order valence-corrected chi connectivity index (χ2v) is 12.1. The third-order valence-corrected chi connectivity index (χ3v) is 10.7. The second-order valence-electron chi connectivity index (χ2n) is 12.1. The highest BCUT2D eigenvalue weighted by Gasteiger charge is 2.60. The molecule has 4 fully saturated rings. The van der Waals surface area contributed by atoms with Crippen LogP contribution in [-0.4, -0.2) is 28.1 Å². The van der Waals surface area contributed by atoms with Crippen LogP contribution < -0.4 is 0 Å². The minimum atomic E-state index is -4.55. The molecule has 9 atom stereocenters. The van der Waals surface area contributed by atoms with Crippen molar-refractivity contribution in [3.8, 4) is 0 Å². The van der Waals surface area contributed by atoms with Crippen LogP contribution in [0.5, 0.6) is 0 Å². The fourth-order valence-corrected chi connectivity index (χ4v) is 8.65. The van der Waals surface area contributed by atoms with Gasteiger partial charge in [-0.1, -0.05) is 27.7 Å². The van der Waals surface area contributed by atoms with Crippen LogP contribution in [0, 0.1) is 40.4 Å². The van der Waals surface area contributed by atoms with Gasteiger partial charge in [0.1, 0.15) is 0 Å². The number of alkyl halides is 3. The second kappa shape index (κ2) is 9.40. The highest BCUT2D eigenvalue weighted by molar-refractivity contribution is 5.09. The van der Waals surface area contributed by atoms with Gasteiger partial charge >= 0.3 is 6.18 Å². The highest BCUT2D eigenvalue weighted by atomic mass is 19.4. The molecule has 0 radical (unpaired) electrons. The van der Waals surface area contributed by atoms with E-state index in [1.807, 2.05) is 13.8 Å². The number of halogens is 3. The molecule has 2 N–H and O–H groups in total. The standard InChI is InChI=1S/C25H41F3O2.C2H6/c1-22-14-11-21-19(8-6-17-15-18(29)10-13-23(17,21)2)20(22)9-7-16(22)5-4-12-24(3,30)25(26,27)28;1-2/h16-21,29-30H,4-15H2,1-3H3;1-2H3/t16-,17?,18?,19?,20?,21?,22?,23?,24?;/m0./s1. The Labute approximate surface area is 193 Å². The van der Waals surface area contributed by atoms with Crippen molar-refractivity contribution in [1.29, 1.82) is 0 Å². The van der Waals surface area contributed by atoms with Gasteiger partial charge in [0, 0.05) is 0 Å². The predicted octanol–water partition coefficient (Wildman–Crippen LogP) is 7.52. The first kappa shape index (κ1) is 26.3. The van der Waals surface area contributed by atoms with E-state index in [4.69, 9.17) is 0 Å². The molecule has 4 rings (SSSR count). The van der Waals surface area contributed by atoms with Gasteiger partial charge in [0.15, 0.2) is 5.60 Å². The van der Waals surface area contributed by atoms with Gasteiger partial charge in [0.2, 0.25) is 0 Å². The molecule has 0 aromatic heterocycles. The average Bonchev–Trinajstić information content (AvgIpc) is 3.05. The Kier molecular flexibility index (Phi) is 7.73. The summed E-state index contributed by atoms with van der Waals surface area (Å²) < 4.78 is 39.0. The minimum absolute atomic E-state index is 0.113. The summed E-state index contributed by atoms with van der Waals surface area (Å²) in [6.45, 7) is 9.83. The zero-order valence-corrected chi connectivity index (χ0v) is 21.0. The predicted molar refractivity (Wildman–Crippen MR) is 123 cm³/mol. The van der Waals surface area contributed by atoms with Crippen molar-refractivity contribution in [1.82, 2.24) is 0 Å². The Hall–Kier alpha value is -0.290. The van der Waals surface area contributed by atoms with Gasteiger partial charge in [-0.05, 0) is 124 Å². The molecule has 0 heterocycles. The van der Waals surface area contributed by atoms with Crippen molar-refractivity contribution in [2.75, 3.05) is 0 Å². The van der Waals surface area contributed by atoms with Gasteiger partial charge in [-0.2, -0.15) is 13.2 Å². The molecule has 4 aliphatic rings. The lowest BCUT2D eigenvalue weighted by molar-refractivity contribution is -0.255. The topological polar surface area (TPSA) is 40.5 Å². The Morgan fingerprint density at radius 1 is 0.875 bits per heavy atom. The van der Waals surface area contributed by atoms with E-state index in [0.717, 1.165) is 50.9 Å². The summed E-state index contributed by atoms with van der Waals surface area (Å²) in [5.41, 5.74) is -1.95. The summed E-state index contributed by atoms with van der Waals surface area (Å²) in [6.07, 6.45) is 6.79. The van der Waals surface area contributed by atoms with Gasteiger partial charge in [0.25, 0.3) is 0 Å². The van der Waals surface area contributed by atoms with E-state index in [-0.39, 0.29) is 17.9 Å². The van der Waals surface area contributed by atoms with E-state index < -0.39 is 11.8 Å². The first-order chi connectivity index (χ1) is 14.9. The maximum Gasteiger partial charge on any atom is 0.416 e. The van der Waals surface area contributed by atoms with Crippen LogP contribution in [0.1, 0.15) is 112 Å². The molecule has 8 unspecified atom stereocenters. The Morgan fingerprint density at radius 2 is 1.50 bits per heavy atom. The smallest absolute Gasteiger partial charge is 0.393 e. The molecular weight excluding hydrogens is 413 g/mol. The summed E-state index contributed by atoms with van der Waals surface area (Å²) in [4.78, 5) is 0. The fraction of sp³-hybridized carbons (Fsp3) is 1.00. The van der Waals surface area contributed by atoms with Crippen molar-refractivity contribution in [2.24, 2.45) is 40.4 Å². The zero-order valence-electron chi connectivity index (χ0n) is 21.0. The molecule has 0 amide bonds. The molecule has 4 saturated carbocycles. The van der Waals surface area contributed by atoms with Crippen LogP contribution in [0.4, 0.5) is 13.2 Å². The summed E-state index contributed by atoms with van der Waals surface area (Å²) >= 11 is 0. The van der Waals surface area contributed by atoms with Crippen LogP contribution in [0.25, 0.3) is 0 Å². The molecule has 0 aromatic carbocycles. The van der Waals surface area contributed by atoms with E-state index >= 15 is 0 Å². The number of rotatable bonds is 4. The van der Waals surface area contributed by atoms with E-state index in [0.29, 0.717) is 29.6 Å². The van der Waals surface area contributed by atoms with Crippen molar-refractivity contribution in [3.63, 3.8) is 0 Å². The Balaban J connectivity index is 0.00000141. The summed E-state index contributed by atoms with van der Waals surface area (Å²) in [6, 6.07) is 0. The third-order valence-electron chi connectivity index (χ3n) is 10.7. The fourth-order valence-electron chi connectivity index (χ4n) is 8.65. The lowest BCUT2D eigenvalue weighted by atomic mass is 9.44. The summed E-state index contributed by atoms with van der Waals surface area (Å²) in [5, 5.41) is 20.0. The van der Waals surface area contributed by atoms with Crippen LogP contribution in [0.3, 0.4) is 0 Å². The molecule has 0 spiro atoms. The van der Waals surface area contributed by atoms with Crippen molar-refractivity contribution >= 4 is 0 Å². The van der Waals surface area contributed by atoms with E-state index in [1.165, 1.54) is 32.1 Å². The molecule has 188 valence electrons. The normalized spacial score (nSPS) is 45.6. The molecular formula is C27H47F3O2. The molecule has 4 aliphatic carbocycles. The molecule has 0 aliphatic heterocycles. The third kappa shape index (κ3) is 4.51. The number of hydrogen-bond donors (Lipinski definition) is 2. The number of fused-ring (bicyclic) bond motifs is 5. The quantitative estimate of drug-likeness (QED) is 0.455. The lowest BCUT2D eigenvalue weighted by Crippen LogP contribution is -2.53. The first-order valence-electron chi connectivity index (χ1n) is 13.4. The first-order valence-corrected chi connectivity index (χ1v) is 13.4.